The van der Waals surface area contributed by atoms with E-state index in [0.717, 1.165) is 0 Å². The number of urea groups is 1. The van der Waals surface area contributed by atoms with Gasteiger partial charge in [0, 0.05) is 12.6 Å². The number of amides is 3. The van der Waals surface area contributed by atoms with Gasteiger partial charge < -0.3 is 20.7 Å². The molecule has 0 bridgehead atoms. The van der Waals surface area contributed by atoms with Gasteiger partial charge >= 0.3 is 6.03 Å². The fourth-order valence-corrected chi connectivity index (χ4v) is 2.86. The van der Waals surface area contributed by atoms with Gasteiger partial charge in [0.25, 0.3) is 5.91 Å². The number of methoxy groups -OCH3 is 1. The van der Waals surface area contributed by atoms with Crippen LogP contribution in [-0.2, 0) is 7.05 Å². The van der Waals surface area contributed by atoms with Crippen molar-refractivity contribution in [2.45, 2.75) is 12.2 Å². The summed E-state index contributed by atoms with van der Waals surface area (Å²) in [5.74, 6) is -0.0534. The van der Waals surface area contributed by atoms with Crippen molar-refractivity contribution in [3.8, 4) is 17.1 Å². The fraction of sp³-hybridized carbons (Fsp3) is 0.278. The molecule has 0 spiro atoms. The molecule has 0 aliphatic heterocycles. The van der Waals surface area contributed by atoms with E-state index in [1.54, 1.807) is 32.2 Å². The molecule has 3 aromatic rings. The van der Waals surface area contributed by atoms with Gasteiger partial charge in [-0.05, 0) is 24.3 Å². The number of carbonyl (C=O) groups excluding carboxylic acids is 2. The van der Waals surface area contributed by atoms with Crippen LogP contribution in [0.2, 0.25) is 0 Å². The number of nitrogens with zero attached hydrogens (tertiary/aromatic N) is 6. The van der Waals surface area contributed by atoms with Gasteiger partial charge in [-0.3, -0.25) is 10.1 Å². The summed E-state index contributed by atoms with van der Waals surface area (Å²) in [6.07, 6.45) is 0. The molecule has 34 heavy (non-hydrogen) atoms. The van der Waals surface area contributed by atoms with Crippen LogP contribution in [0.3, 0.4) is 0 Å². The first kappa shape index (κ1) is 24.5. The van der Waals surface area contributed by atoms with Crippen LogP contribution in [0.5, 0.6) is 5.75 Å². The molecule has 1 aromatic carbocycles. The maximum Gasteiger partial charge on any atom is 0.320 e. The summed E-state index contributed by atoms with van der Waals surface area (Å²) in [7, 11) is 19.6. The van der Waals surface area contributed by atoms with E-state index in [1.807, 2.05) is 0 Å². The molecule has 0 fully saturated rings. The van der Waals surface area contributed by atoms with Crippen molar-refractivity contribution in [1.82, 2.24) is 41.0 Å². The van der Waals surface area contributed by atoms with Gasteiger partial charge in [-0.1, -0.05) is 11.3 Å². The number of ether oxygens (including phenoxy) is 1. The molecular formula is C18H19B3N10O3. The molecule has 0 aliphatic rings. The van der Waals surface area contributed by atoms with Crippen molar-refractivity contribution in [3.63, 3.8) is 0 Å². The minimum atomic E-state index is -2.00. The number of aromatic nitrogens is 6. The first-order valence-electron chi connectivity index (χ1n) is 9.91. The van der Waals surface area contributed by atoms with Crippen LogP contribution in [0.25, 0.3) is 11.4 Å². The Kier molecular flexibility index (Phi) is 7.39. The van der Waals surface area contributed by atoms with Crippen molar-refractivity contribution in [1.29, 1.82) is 0 Å². The first-order chi connectivity index (χ1) is 16.1. The lowest BCUT2D eigenvalue weighted by atomic mass is 9.49. The Labute approximate surface area is 199 Å². The number of benzene rings is 1. The van der Waals surface area contributed by atoms with E-state index in [9.17, 15) is 9.59 Å². The molecule has 0 saturated carbocycles. The second-order valence-corrected chi connectivity index (χ2v) is 6.98. The molecule has 2 aromatic heterocycles. The molecule has 16 heteroatoms. The highest BCUT2D eigenvalue weighted by atomic mass is 16.5. The Morgan fingerprint density at radius 2 is 1.91 bits per heavy atom. The quantitative estimate of drug-likeness (QED) is 0.325. The molecule has 13 nitrogen and oxygen atoms in total. The van der Waals surface area contributed by atoms with Gasteiger partial charge in [0.2, 0.25) is 5.82 Å². The highest BCUT2D eigenvalue weighted by molar-refractivity contribution is 6.60. The van der Waals surface area contributed by atoms with E-state index in [2.05, 4.69) is 46.9 Å². The lowest BCUT2D eigenvalue weighted by Gasteiger charge is -2.23. The highest BCUT2D eigenvalue weighted by Crippen LogP contribution is 2.36. The first-order valence-corrected chi connectivity index (χ1v) is 9.91. The average Bonchev–Trinajstić information content (AvgIpc) is 3.18. The summed E-state index contributed by atoms with van der Waals surface area (Å²) < 4.78 is 5.56. The van der Waals surface area contributed by atoms with Gasteiger partial charge in [0.15, 0.2) is 17.3 Å². The van der Waals surface area contributed by atoms with E-state index in [-0.39, 0.29) is 17.2 Å². The van der Waals surface area contributed by atoms with Crippen LogP contribution in [0.1, 0.15) is 17.4 Å². The normalized spacial score (nSPS) is 10.9. The Balaban J connectivity index is 2.04. The predicted molar refractivity (Wildman–Crippen MR) is 126 cm³/mol. The van der Waals surface area contributed by atoms with Gasteiger partial charge in [-0.2, -0.15) is 4.80 Å². The number of carbonyl (C=O) groups is 2. The monoisotopic (exact) mass is 456 g/mol. The topological polar surface area (TPSA) is 161 Å². The van der Waals surface area contributed by atoms with Crippen molar-refractivity contribution in [2.24, 2.45) is 7.05 Å². The highest BCUT2D eigenvalue weighted by Gasteiger charge is 2.22. The molecule has 0 saturated heterocycles. The summed E-state index contributed by atoms with van der Waals surface area (Å²) in [6.45, 7) is 2.16. The number of rotatable bonds is 8. The van der Waals surface area contributed by atoms with Crippen LogP contribution in [0, 0.1) is 0 Å². The molecule has 2 heterocycles. The summed E-state index contributed by atoms with van der Waals surface area (Å²) in [4.78, 5) is 25.9. The summed E-state index contributed by atoms with van der Waals surface area (Å²) in [5.41, 5.74) is 0.917. The van der Waals surface area contributed by atoms with E-state index >= 15 is 0 Å². The number of hydrogen-bond donors (Lipinski definition) is 4. The van der Waals surface area contributed by atoms with Crippen molar-refractivity contribution in [2.75, 3.05) is 24.3 Å². The van der Waals surface area contributed by atoms with Crippen molar-refractivity contribution >= 4 is 52.7 Å². The van der Waals surface area contributed by atoms with Crippen molar-refractivity contribution in [3.05, 3.63) is 30.0 Å². The Hall–Kier alpha value is -4.10. The predicted octanol–water partition coefficient (Wildman–Crippen LogP) is -0.593. The molecule has 3 rings (SSSR count). The SMILES string of the molecule is [B]C([B])([B])NC(=O)c1nnc(NC(=O)NCC)cc1Nc1cccc(-c2nnn(C)n2)c1OC. The molecule has 0 unspecified atom stereocenters. The molecule has 6 radical (unpaired) electrons. The average molecular weight is 456 g/mol. The van der Waals surface area contributed by atoms with E-state index in [1.165, 1.54) is 18.0 Å². The Bertz CT molecular complexity index is 1200. The van der Waals surface area contributed by atoms with Crippen LogP contribution in [-0.4, -0.2) is 84.8 Å². The largest absolute Gasteiger partial charge is 0.494 e. The zero-order valence-electron chi connectivity index (χ0n) is 18.7. The van der Waals surface area contributed by atoms with Gasteiger partial charge in [0.1, 0.15) is 0 Å². The number of hydrogen-bond acceptors (Lipinski definition) is 9. The summed E-state index contributed by atoms with van der Waals surface area (Å²) >= 11 is 0. The lowest BCUT2D eigenvalue weighted by Crippen LogP contribution is -2.50. The second-order valence-electron chi connectivity index (χ2n) is 6.98. The minimum absolute atomic E-state index is 0.0650. The van der Waals surface area contributed by atoms with Crippen LogP contribution < -0.4 is 26.0 Å². The number of tetrazole rings is 1. The molecule has 0 atom stereocenters. The van der Waals surface area contributed by atoms with E-state index in [4.69, 9.17) is 28.3 Å². The Morgan fingerprint density at radius 3 is 2.53 bits per heavy atom. The smallest absolute Gasteiger partial charge is 0.320 e. The van der Waals surface area contributed by atoms with Crippen LogP contribution in [0.4, 0.5) is 22.0 Å². The minimum Gasteiger partial charge on any atom is -0.494 e. The molecule has 168 valence electrons. The number of aryl methyl sites for hydroxylation is 1. The number of anilines is 3. The zero-order chi connectivity index (χ0) is 24.9. The molecule has 3 amide bonds. The second kappa shape index (κ2) is 10.2. The van der Waals surface area contributed by atoms with Crippen LogP contribution in [0.15, 0.2) is 24.3 Å². The van der Waals surface area contributed by atoms with E-state index < -0.39 is 17.2 Å². The van der Waals surface area contributed by atoms with Crippen LogP contribution >= 0.6 is 0 Å². The molecule has 0 aliphatic carbocycles. The number of nitrogens with one attached hydrogen (secondary N) is 4. The third kappa shape index (κ3) is 6.02. The van der Waals surface area contributed by atoms with Gasteiger partial charge in [-0.25, -0.2) is 4.79 Å². The van der Waals surface area contributed by atoms with Gasteiger partial charge in [0.05, 0.1) is 54.6 Å². The molecular weight excluding hydrogens is 437 g/mol. The van der Waals surface area contributed by atoms with Crippen molar-refractivity contribution < 1.29 is 14.3 Å². The third-order valence-electron chi connectivity index (χ3n) is 4.16. The molecule has 4 N–H and O–H groups in total. The Morgan fingerprint density at radius 1 is 1.15 bits per heavy atom. The zero-order valence-corrected chi connectivity index (χ0v) is 18.7. The maximum absolute atomic E-state index is 12.7. The van der Waals surface area contributed by atoms with Gasteiger partial charge in [-0.15, -0.1) is 20.4 Å². The standard InChI is InChI=1S/C18H19B3N10O3/c1-4-22-17(33)24-12-8-11(13(27-26-12)16(32)25-18(19,20)21)23-10-7-5-6-9(14(10)34-3)15-28-30-31(2)29-15/h5-8H,4H2,1-3H3,(H,25,32)(H3,22,23,24,26,33). The maximum atomic E-state index is 12.7. The van der Waals surface area contributed by atoms with E-state index in [0.29, 0.717) is 29.4 Å². The third-order valence-corrected chi connectivity index (χ3v) is 4.16. The summed E-state index contributed by atoms with van der Waals surface area (Å²) in [6, 6.07) is 6.06. The lowest BCUT2D eigenvalue weighted by molar-refractivity contribution is 0.0947. The fourth-order valence-electron chi connectivity index (χ4n) is 2.86. The summed E-state index contributed by atoms with van der Waals surface area (Å²) in [5, 5.41) is 28.1. The number of para-hydroxylation sites is 1.